The molecule has 0 radical (unpaired) electrons. The lowest BCUT2D eigenvalue weighted by atomic mass is 10.3. The maximum Gasteiger partial charge on any atom is 0.266 e. The van der Waals surface area contributed by atoms with Crippen LogP contribution in [0.25, 0.3) is 0 Å². The number of nitrogens with zero attached hydrogens (tertiary/aromatic N) is 1. The van der Waals surface area contributed by atoms with Gasteiger partial charge < -0.3 is 11.1 Å². The number of aromatic nitrogens is 2. The van der Waals surface area contributed by atoms with E-state index in [1.54, 1.807) is 0 Å². The van der Waals surface area contributed by atoms with Crippen molar-refractivity contribution in [2.24, 2.45) is 0 Å². The maximum atomic E-state index is 11.1. The first kappa shape index (κ1) is 11.9. The Morgan fingerprint density at radius 1 is 1.41 bits per heavy atom. The summed E-state index contributed by atoms with van der Waals surface area (Å²) in [5.41, 5.74) is 6.14. The number of H-pyrrole nitrogens is 1. The number of thiocarbonyl (C=S) groups is 1. The summed E-state index contributed by atoms with van der Waals surface area (Å²) >= 11 is 8.46. The summed E-state index contributed by atoms with van der Waals surface area (Å²) in [5.74, 6) is 0.268. The highest BCUT2D eigenvalue weighted by Gasteiger charge is 2.05. The summed E-state index contributed by atoms with van der Waals surface area (Å²) < 4.78 is 2.29. The summed E-state index contributed by atoms with van der Waals surface area (Å²) in [5, 5.41) is 5.77. The molecule has 4 N–H and O–H groups in total. The molecule has 0 aliphatic rings. The third-order valence-corrected chi connectivity index (χ3v) is 2.87. The second kappa shape index (κ2) is 4.72. The quantitative estimate of drug-likeness (QED) is 0.701. The van der Waals surface area contributed by atoms with Crippen LogP contribution in [0.3, 0.4) is 0 Å². The lowest BCUT2D eigenvalue weighted by Gasteiger charge is -2.09. The van der Waals surface area contributed by atoms with Crippen LogP contribution in [0.4, 0.5) is 11.5 Å². The molecule has 1 aromatic heterocycles. The average molecular weight is 313 g/mol. The molecular weight excluding hydrogens is 304 g/mol. The van der Waals surface area contributed by atoms with Crippen molar-refractivity contribution >= 4 is 44.8 Å². The highest BCUT2D eigenvalue weighted by Crippen LogP contribution is 2.14. The second-order valence-corrected chi connectivity index (χ2v) is 4.62. The Kier molecular flexibility index (Phi) is 3.30. The normalized spacial score (nSPS) is 10.2. The number of nitrogens with one attached hydrogen (secondary N) is 2. The fraction of sp³-hybridized carbons (Fsp3) is 0. The Morgan fingerprint density at radius 3 is 2.59 bits per heavy atom. The van der Waals surface area contributed by atoms with Crippen LogP contribution in [-0.2, 0) is 0 Å². The van der Waals surface area contributed by atoms with Gasteiger partial charge in [0, 0.05) is 16.2 Å². The first-order valence-corrected chi connectivity index (χ1v) is 5.91. The van der Waals surface area contributed by atoms with Crippen molar-refractivity contribution in [3.05, 3.63) is 45.2 Å². The Labute approximate surface area is 111 Å². The monoisotopic (exact) mass is 312 g/mol. The molecule has 7 heteroatoms. The third kappa shape index (κ3) is 2.75. The standard InChI is InChI=1S/C10H9BrN4OS/c11-6-1-3-7(4-2-6)13-10(17)15-8(12)5-9(16)14-15/h1-5H,12H2,(H,13,17)(H,14,16). The van der Waals surface area contributed by atoms with Gasteiger partial charge in [0.25, 0.3) is 5.56 Å². The molecule has 0 spiro atoms. The molecule has 0 aliphatic heterocycles. The van der Waals surface area contributed by atoms with Crippen LogP contribution in [0.1, 0.15) is 0 Å². The van der Waals surface area contributed by atoms with Crippen LogP contribution in [0, 0.1) is 0 Å². The highest BCUT2D eigenvalue weighted by molar-refractivity contribution is 9.10. The number of aromatic amines is 1. The van der Waals surface area contributed by atoms with E-state index >= 15 is 0 Å². The van der Waals surface area contributed by atoms with Gasteiger partial charge in [0.2, 0.25) is 0 Å². The van der Waals surface area contributed by atoms with Crippen LogP contribution in [0.15, 0.2) is 39.6 Å². The van der Waals surface area contributed by atoms with Crippen molar-refractivity contribution < 1.29 is 0 Å². The van der Waals surface area contributed by atoms with E-state index in [2.05, 4.69) is 26.3 Å². The van der Waals surface area contributed by atoms with E-state index in [0.29, 0.717) is 5.11 Å². The first-order chi connectivity index (χ1) is 8.06. The largest absolute Gasteiger partial charge is 0.383 e. The van der Waals surface area contributed by atoms with E-state index in [1.165, 1.54) is 10.7 Å². The van der Waals surface area contributed by atoms with Gasteiger partial charge in [0.1, 0.15) is 5.82 Å². The zero-order chi connectivity index (χ0) is 12.4. The SMILES string of the molecule is Nc1cc(=O)[nH]n1C(=S)Nc1ccc(Br)cc1. The summed E-state index contributed by atoms with van der Waals surface area (Å²) in [7, 11) is 0. The van der Waals surface area contributed by atoms with Crippen LogP contribution < -0.4 is 16.6 Å². The fourth-order valence-corrected chi connectivity index (χ4v) is 1.82. The Balaban J connectivity index is 2.20. The predicted octanol–water partition coefficient (Wildman–Crippen LogP) is 1.77. The van der Waals surface area contributed by atoms with Crippen LogP contribution in [0.2, 0.25) is 0 Å². The van der Waals surface area contributed by atoms with Gasteiger partial charge in [-0.1, -0.05) is 15.9 Å². The molecular formula is C10H9BrN4OS. The molecule has 0 unspecified atom stereocenters. The molecule has 0 bridgehead atoms. The Hall–Kier alpha value is -1.60. The summed E-state index contributed by atoms with van der Waals surface area (Å²) in [6, 6.07) is 8.75. The number of nitrogen functional groups attached to an aromatic ring is 1. The van der Waals surface area contributed by atoms with Crippen molar-refractivity contribution in [3.63, 3.8) is 0 Å². The highest BCUT2D eigenvalue weighted by atomic mass is 79.9. The van der Waals surface area contributed by atoms with E-state index < -0.39 is 0 Å². The molecule has 0 fully saturated rings. The van der Waals surface area contributed by atoms with Crippen molar-refractivity contribution in [3.8, 4) is 0 Å². The van der Waals surface area contributed by atoms with Crippen LogP contribution in [0.5, 0.6) is 0 Å². The Bertz CT molecular complexity index is 602. The van der Waals surface area contributed by atoms with Gasteiger partial charge in [-0.15, -0.1) is 0 Å². The number of hydrogen-bond acceptors (Lipinski definition) is 3. The van der Waals surface area contributed by atoms with Gasteiger partial charge in [-0.3, -0.25) is 9.89 Å². The molecule has 88 valence electrons. The van der Waals surface area contributed by atoms with Gasteiger partial charge in [0.15, 0.2) is 5.11 Å². The molecule has 0 aliphatic carbocycles. The van der Waals surface area contributed by atoms with Crippen molar-refractivity contribution in [1.29, 1.82) is 0 Å². The number of benzene rings is 1. The number of rotatable bonds is 1. The van der Waals surface area contributed by atoms with Gasteiger partial charge in [-0.05, 0) is 36.5 Å². The van der Waals surface area contributed by atoms with E-state index in [1.807, 2.05) is 24.3 Å². The van der Waals surface area contributed by atoms with Gasteiger partial charge in [-0.25, -0.2) is 4.68 Å². The first-order valence-electron chi connectivity index (χ1n) is 4.71. The minimum Gasteiger partial charge on any atom is -0.383 e. The van der Waals surface area contributed by atoms with Gasteiger partial charge >= 0.3 is 0 Å². The minimum absolute atomic E-state index is 0.268. The van der Waals surface area contributed by atoms with Crippen molar-refractivity contribution in [1.82, 2.24) is 9.78 Å². The number of anilines is 2. The van der Waals surface area contributed by atoms with Crippen molar-refractivity contribution in [2.75, 3.05) is 11.1 Å². The molecule has 0 atom stereocenters. The predicted molar refractivity (Wildman–Crippen MR) is 75.2 cm³/mol. The smallest absolute Gasteiger partial charge is 0.266 e. The van der Waals surface area contributed by atoms with E-state index in [-0.39, 0.29) is 11.4 Å². The molecule has 1 aromatic carbocycles. The lowest BCUT2D eigenvalue weighted by molar-refractivity contribution is 0.935. The molecule has 17 heavy (non-hydrogen) atoms. The zero-order valence-corrected chi connectivity index (χ0v) is 11.0. The molecule has 2 rings (SSSR count). The minimum atomic E-state index is -0.289. The van der Waals surface area contributed by atoms with E-state index in [4.69, 9.17) is 18.0 Å². The lowest BCUT2D eigenvalue weighted by Crippen LogP contribution is -2.23. The van der Waals surface area contributed by atoms with Crippen LogP contribution in [-0.4, -0.2) is 14.9 Å². The summed E-state index contributed by atoms with van der Waals surface area (Å²) in [6.45, 7) is 0. The molecule has 0 saturated carbocycles. The third-order valence-electron chi connectivity index (χ3n) is 2.06. The second-order valence-electron chi connectivity index (χ2n) is 3.32. The summed E-state index contributed by atoms with van der Waals surface area (Å²) in [6.07, 6.45) is 0. The molecule has 1 heterocycles. The maximum absolute atomic E-state index is 11.1. The number of hydrogen-bond donors (Lipinski definition) is 3. The molecule has 5 nitrogen and oxygen atoms in total. The topological polar surface area (TPSA) is 75.8 Å². The molecule has 2 aromatic rings. The fourth-order valence-electron chi connectivity index (χ4n) is 1.29. The van der Waals surface area contributed by atoms with Crippen molar-refractivity contribution in [2.45, 2.75) is 0 Å². The number of nitrogens with two attached hydrogens (primary N) is 1. The molecule has 0 amide bonds. The van der Waals surface area contributed by atoms with Gasteiger partial charge in [-0.2, -0.15) is 0 Å². The number of halogens is 1. The van der Waals surface area contributed by atoms with Crippen LogP contribution >= 0.6 is 28.1 Å². The molecule has 0 saturated heterocycles. The zero-order valence-electron chi connectivity index (χ0n) is 8.61. The van der Waals surface area contributed by atoms with Gasteiger partial charge in [0.05, 0.1) is 0 Å². The average Bonchev–Trinajstić information content (AvgIpc) is 2.61. The van der Waals surface area contributed by atoms with E-state index in [0.717, 1.165) is 10.2 Å². The summed E-state index contributed by atoms with van der Waals surface area (Å²) in [4.78, 5) is 11.1. The van der Waals surface area contributed by atoms with E-state index in [9.17, 15) is 4.79 Å². The Morgan fingerprint density at radius 2 is 2.06 bits per heavy atom.